The van der Waals surface area contributed by atoms with E-state index >= 15 is 0 Å². The first-order chi connectivity index (χ1) is 13.4. The largest absolute Gasteiger partial charge is 0.444 e. The zero-order valence-electron chi connectivity index (χ0n) is 17.1. The monoisotopic (exact) mass is 437 g/mol. The maximum absolute atomic E-state index is 12.6. The van der Waals surface area contributed by atoms with Crippen molar-refractivity contribution in [1.82, 2.24) is 15.6 Å². The number of nitrogens with zero attached hydrogens (tertiary/aromatic N) is 1. The Morgan fingerprint density at radius 3 is 2.48 bits per heavy atom. The van der Waals surface area contributed by atoms with Crippen LogP contribution in [0.5, 0.6) is 0 Å². The summed E-state index contributed by atoms with van der Waals surface area (Å²) in [5.74, 6) is -0.369. The molecule has 1 aromatic heterocycles. The maximum atomic E-state index is 12.6. The zero-order chi connectivity index (χ0) is 21.8. The van der Waals surface area contributed by atoms with E-state index < -0.39 is 11.7 Å². The number of aromatic nitrogens is 1. The third kappa shape index (κ3) is 7.22. The molecular formula is C21H25Cl2N3O3. The van der Waals surface area contributed by atoms with Crippen molar-refractivity contribution < 1.29 is 14.3 Å². The van der Waals surface area contributed by atoms with Gasteiger partial charge in [0.1, 0.15) is 16.4 Å². The van der Waals surface area contributed by atoms with Crippen molar-refractivity contribution >= 4 is 35.2 Å². The number of carbonyl (C=O) groups excluding carboxylic acids is 2. The molecule has 0 saturated heterocycles. The van der Waals surface area contributed by atoms with E-state index in [4.69, 9.17) is 27.9 Å². The van der Waals surface area contributed by atoms with E-state index in [-0.39, 0.29) is 29.3 Å². The first-order valence-electron chi connectivity index (χ1n) is 9.15. The molecule has 2 amide bonds. The lowest BCUT2D eigenvalue weighted by atomic mass is 10.1. The highest BCUT2D eigenvalue weighted by molar-refractivity contribution is 6.31. The van der Waals surface area contributed by atoms with E-state index in [2.05, 4.69) is 15.6 Å². The van der Waals surface area contributed by atoms with Gasteiger partial charge in [0.2, 0.25) is 0 Å². The quantitative estimate of drug-likeness (QED) is 0.628. The molecule has 0 aliphatic rings. The van der Waals surface area contributed by atoms with Crippen LogP contribution >= 0.6 is 23.2 Å². The minimum absolute atomic E-state index is 0.156. The van der Waals surface area contributed by atoms with Gasteiger partial charge in [-0.1, -0.05) is 35.3 Å². The van der Waals surface area contributed by atoms with Gasteiger partial charge in [-0.2, -0.15) is 0 Å². The summed E-state index contributed by atoms with van der Waals surface area (Å²) < 4.78 is 5.20. The van der Waals surface area contributed by atoms with Gasteiger partial charge in [-0.05, 0) is 69.5 Å². The second-order valence-corrected chi connectivity index (χ2v) is 8.54. The molecule has 0 spiro atoms. The lowest BCUT2D eigenvalue weighted by Crippen LogP contribution is -2.32. The summed E-state index contributed by atoms with van der Waals surface area (Å²) in [6.07, 6.45) is -0.553. The number of pyridine rings is 1. The Labute approximate surface area is 181 Å². The fourth-order valence-corrected chi connectivity index (χ4v) is 2.90. The van der Waals surface area contributed by atoms with Gasteiger partial charge in [0.15, 0.2) is 0 Å². The summed E-state index contributed by atoms with van der Waals surface area (Å²) in [6.45, 7) is 9.27. The number of nitrogens with one attached hydrogen (secondary N) is 2. The van der Waals surface area contributed by atoms with E-state index in [0.29, 0.717) is 10.6 Å². The van der Waals surface area contributed by atoms with E-state index in [1.54, 1.807) is 39.0 Å². The van der Waals surface area contributed by atoms with E-state index in [1.165, 1.54) is 0 Å². The van der Waals surface area contributed by atoms with Crippen molar-refractivity contribution in [3.63, 3.8) is 0 Å². The summed E-state index contributed by atoms with van der Waals surface area (Å²) in [4.78, 5) is 28.5. The Hall–Kier alpha value is -2.31. The van der Waals surface area contributed by atoms with Crippen molar-refractivity contribution in [3.05, 3.63) is 62.9 Å². The molecule has 8 heteroatoms. The topological polar surface area (TPSA) is 80.3 Å². The van der Waals surface area contributed by atoms with E-state index in [0.717, 1.165) is 11.1 Å². The van der Waals surface area contributed by atoms with Crippen LogP contribution < -0.4 is 10.6 Å². The van der Waals surface area contributed by atoms with Crippen molar-refractivity contribution in [2.75, 3.05) is 0 Å². The Bertz CT molecular complexity index is 911. The molecule has 2 N–H and O–H groups in total. The smallest absolute Gasteiger partial charge is 0.407 e. The molecule has 0 saturated carbocycles. The molecule has 156 valence electrons. The number of aryl methyl sites for hydroxylation is 1. The molecule has 1 heterocycles. The lowest BCUT2D eigenvalue weighted by molar-refractivity contribution is 0.0523. The Morgan fingerprint density at radius 1 is 1.17 bits per heavy atom. The second kappa shape index (κ2) is 9.46. The number of hydrogen-bond donors (Lipinski definition) is 2. The fourth-order valence-electron chi connectivity index (χ4n) is 2.55. The van der Waals surface area contributed by atoms with Gasteiger partial charge in [-0.15, -0.1) is 0 Å². The first-order valence-corrected chi connectivity index (χ1v) is 9.90. The van der Waals surface area contributed by atoms with E-state index in [1.807, 2.05) is 26.0 Å². The van der Waals surface area contributed by atoms with Crippen LogP contribution in [0.3, 0.4) is 0 Å². The van der Waals surface area contributed by atoms with Crippen molar-refractivity contribution in [1.29, 1.82) is 0 Å². The summed E-state index contributed by atoms with van der Waals surface area (Å²) in [7, 11) is 0. The third-order valence-electron chi connectivity index (χ3n) is 3.95. The normalized spacial score (nSPS) is 12.2. The maximum Gasteiger partial charge on any atom is 0.407 e. The van der Waals surface area contributed by atoms with Crippen molar-refractivity contribution in [3.8, 4) is 0 Å². The van der Waals surface area contributed by atoms with Crippen LogP contribution in [0.4, 0.5) is 4.79 Å². The summed E-state index contributed by atoms with van der Waals surface area (Å²) in [6, 6.07) is 8.51. The van der Waals surface area contributed by atoms with Crippen LogP contribution in [0.1, 0.15) is 60.9 Å². The number of ether oxygens (including phenoxy) is 1. The molecule has 2 aromatic rings. The second-order valence-electron chi connectivity index (χ2n) is 7.74. The van der Waals surface area contributed by atoms with Crippen LogP contribution in [-0.4, -0.2) is 22.6 Å². The van der Waals surface area contributed by atoms with Gasteiger partial charge in [-0.3, -0.25) is 4.79 Å². The number of amides is 2. The highest BCUT2D eigenvalue weighted by atomic mass is 35.5. The molecule has 0 unspecified atom stereocenters. The standard InChI is InChI=1S/C21H25Cl2N3O3/c1-12-8-15(6-7-16(12)22)13(2)25-19(27)17-9-14(10-18(23)26-17)11-24-20(28)29-21(3,4)5/h6-10,13H,11H2,1-5H3,(H,24,28)(H,25,27)/t13-/m0/s1. The average molecular weight is 438 g/mol. The van der Waals surface area contributed by atoms with Crippen LogP contribution in [0.15, 0.2) is 30.3 Å². The molecule has 29 heavy (non-hydrogen) atoms. The number of alkyl carbamates (subject to hydrolysis) is 1. The summed E-state index contributed by atoms with van der Waals surface area (Å²) >= 11 is 12.1. The van der Waals surface area contributed by atoms with Gasteiger partial charge in [0.05, 0.1) is 6.04 Å². The third-order valence-corrected chi connectivity index (χ3v) is 4.57. The summed E-state index contributed by atoms with van der Waals surface area (Å²) in [5, 5.41) is 6.36. The predicted molar refractivity (Wildman–Crippen MR) is 114 cm³/mol. The van der Waals surface area contributed by atoms with Gasteiger partial charge in [-0.25, -0.2) is 9.78 Å². The molecule has 2 rings (SSSR count). The number of halogens is 2. The minimum atomic E-state index is -0.596. The predicted octanol–water partition coefficient (Wildman–Crippen LogP) is 5.21. The number of hydrogen-bond acceptors (Lipinski definition) is 4. The average Bonchev–Trinajstić information content (AvgIpc) is 2.60. The molecule has 0 bridgehead atoms. The van der Waals surface area contributed by atoms with Gasteiger partial charge in [0, 0.05) is 11.6 Å². The van der Waals surface area contributed by atoms with Gasteiger partial charge >= 0.3 is 6.09 Å². The molecule has 0 radical (unpaired) electrons. The SMILES string of the molecule is Cc1cc([C@H](C)NC(=O)c2cc(CNC(=O)OC(C)(C)C)cc(Cl)n2)ccc1Cl. The lowest BCUT2D eigenvalue weighted by Gasteiger charge is -2.19. The summed E-state index contributed by atoms with van der Waals surface area (Å²) in [5.41, 5.74) is 2.06. The zero-order valence-corrected chi connectivity index (χ0v) is 18.6. The van der Waals surface area contributed by atoms with Crippen molar-refractivity contribution in [2.24, 2.45) is 0 Å². The van der Waals surface area contributed by atoms with Gasteiger partial charge in [0.25, 0.3) is 5.91 Å². The molecule has 0 aliphatic carbocycles. The number of carbonyl (C=O) groups is 2. The Balaban J connectivity index is 2.06. The van der Waals surface area contributed by atoms with Crippen LogP contribution in [-0.2, 0) is 11.3 Å². The number of benzene rings is 1. The molecule has 0 aliphatic heterocycles. The van der Waals surface area contributed by atoms with Crippen LogP contribution in [0.25, 0.3) is 0 Å². The number of rotatable bonds is 5. The fraction of sp³-hybridized carbons (Fsp3) is 0.381. The van der Waals surface area contributed by atoms with Crippen molar-refractivity contribution in [2.45, 2.75) is 52.8 Å². The highest BCUT2D eigenvalue weighted by Gasteiger charge is 2.17. The van der Waals surface area contributed by atoms with Gasteiger partial charge < -0.3 is 15.4 Å². The first kappa shape index (κ1) is 23.0. The Kier molecular flexibility index (Phi) is 7.49. The van der Waals surface area contributed by atoms with Crippen LogP contribution in [0.2, 0.25) is 10.2 Å². The van der Waals surface area contributed by atoms with E-state index in [9.17, 15) is 9.59 Å². The molecule has 1 aromatic carbocycles. The Morgan fingerprint density at radius 2 is 1.86 bits per heavy atom. The highest BCUT2D eigenvalue weighted by Crippen LogP contribution is 2.21. The van der Waals surface area contributed by atoms with Crippen LogP contribution in [0, 0.1) is 6.92 Å². The molecular weight excluding hydrogens is 413 g/mol. The molecule has 0 fully saturated rings. The minimum Gasteiger partial charge on any atom is -0.444 e. The molecule has 1 atom stereocenters. The molecule has 6 nitrogen and oxygen atoms in total.